The van der Waals surface area contributed by atoms with Gasteiger partial charge in [0.15, 0.2) is 0 Å². The number of rotatable bonds is 4. The first-order valence-electron chi connectivity index (χ1n) is 5.93. The van der Waals surface area contributed by atoms with E-state index >= 15 is 0 Å². The number of amides is 1. The summed E-state index contributed by atoms with van der Waals surface area (Å²) >= 11 is 5.78. The van der Waals surface area contributed by atoms with Crippen molar-refractivity contribution in [3.05, 3.63) is 64.9 Å². The van der Waals surface area contributed by atoms with Gasteiger partial charge in [0, 0.05) is 17.1 Å². The molecule has 4 heteroatoms. The number of aryl methyl sites for hydroxylation is 1. The van der Waals surface area contributed by atoms with Gasteiger partial charge in [-0.1, -0.05) is 29.8 Å². The number of hydrogen-bond acceptors (Lipinski definition) is 1. The van der Waals surface area contributed by atoms with Gasteiger partial charge < -0.3 is 5.32 Å². The average molecular weight is 278 g/mol. The lowest BCUT2D eigenvalue weighted by atomic mass is 10.1. The Labute approximate surface area is 116 Å². The van der Waals surface area contributed by atoms with E-state index in [-0.39, 0.29) is 11.7 Å². The fourth-order valence-electron chi connectivity index (χ4n) is 1.70. The summed E-state index contributed by atoms with van der Waals surface area (Å²) in [5, 5.41) is 3.33. The molecule has 0 radical (unpaired) electrons. The molecule has 0 fully saturated rings. The monoisotopic (exact) mass is 277 g/mol. The maximum atomic E-state index is 12.9. The molecule has 0 heterocycles. The van der Waals surface area contributed by atoms with Crippen LogP contribution in [-0.2, 0) is 11.2 Å². The Hall–Kier alpha value is -1.87. The van der Waals surface area contributed by atoms with Crippen LogP contribution < -0.4 is 5.32 Å². The molecular formula is C15H13ClFNO. The molecule has 0 unspecified atom stereocenters. The molecule has 19 heavy (non-hydrogen) atoms. The molecule has 2 rings (SSSR count). The summed E-state index contributed by atoms with van der Waals surface area (Å²) in [6.45, 7) is 0. The van der Waals surface area contributed by atoms with E-state index in [1.54, 1.807) is 24.3 Å². The van der Waals surface area contributed by atoms with E-state index < -0.39 is 0 Å². The van der Waals surface area contributed by atoms with Crippen LogP contribution >= 0.6 is 11.6 Å². The number of carbonyl (C=O) groups excluding carboxylic acids is 1. The van der Waals surface area contributed by atoms with Crippen molar-refractivity contribution < 1.29 is 9.18 Å². The summed E-state index contributed by atoms with van der Waals surface area (Å²) in [5.41, 5.74) is 1.51. The number of halogens is 2. The SMILES string of the molecule is O=C(CCc1ccc(Cl)cc1)Nc1cccc(F)c1. The van der Waals surface area contributed by atoms with Crippen molar-refractivity contribution >= 4 is 23.2 Å². The predicted octanol–water partition coefficient (Wildman–Crippen LogP) is 4.05. The molecule has 1 amide bonds. The zero-order chi connectivity index (χ0) is 13.7. The quantitative estimate of drug-likeness (QED) is 0.897. The topological polar surface area (TPSA) is 29.1 Å². The van der Waals surface area contributed by atoms with Crippen molar-refractivity contribution in [2.24, 2.45) is 0 Å². The molecule has 0 aromatic heterocycles. The second-order valence-corrected chi connectivity index (χ2v) is 4.62. The van der Waals surface area contributed by atoms with Gasteiger partial charge in [0.05, 0.1) is 0 Å². The molecule has 1 N–H and O–H groups in total. The highest BCUT2D eigenvalue weighted by molar-refractivity contribution is 6.30. The Bertz CT molecular complexity index is 569. The molecule has 2 aromatic carbocycles. The molecule has 0 atom stereocenters. The van der Waals surface area contributed by atoms with Crippen LogP contribution in [0, 0.1) is 5.82 Å². The van der Waals surface area contributed by atoms with Crippen molar-refractivity contribution in [2.45, 2.75) is 12.8 Å². The van der Waals surface area contributed by atoms with Crippen molar-refractivity contribution in [3.63, 3.8) is 0 Å². The zero-order valence-electron chi connectivity index (χ0n) is 10.2. The summed E-state index contributed by atoms with van der Waals surface area (Å²) in [4.78, 5) is 11.7. The number of anilines is 1. The van der Waals surface area contributed by atoms with E-state index in [2.05, 4.69) is 5.32 Å². The minimum atomic E-state index is -0.365. The van der Waals surface area contributed by atoms with Crippen LogP contribution in [0.3, 0.4) is 0 Å². The first kappa shape index (κ1) is 13.6. The largest absolute Gasteiger partial charge is 0.326 e. The molecule has 0 saturated carbocycles. The summed E-state index contributed by atoms with van der Waals surface area (Å²) in [7, 11) is 0. The lowest BCUT2D eigenvalue weighted by Gasteiger charge is -2.05. The molecule has 0 aliphatic carbocycles. The summed E-state index contributed by atoms with van der Waals surface area (Å²) in [5.74, 6) is -0.504. The number of benzene rings is 2. The van der Waals surface area contributed by atoms with Crippen molar-refractivity contribution in [1.29, 1.82) is 0 Å². The lowest BCUT2D eigenvalue weighted by molar-refractivity contribution is -0.116. The molecule has 2 aromatic rings. The van der Waals surface area contributed by atoms with E-state index in [0.29, 0.717) is 23.6 Å². The smallest absolute Gasteiger partial charge is 0.224 e. The molecule has 0 aliphatic heterocycles. The van der Waals surface area contributed by atoms with Crippen LogP contribution in [0.4, 0.5) is 10.1 Å². The van der Waals surface area contributed by atoms with Gasteiger partial charge in [0.25, 0.3) is 0 Å². The van der Waals surface area contributed by atoms with Crippen LogP contribution in [-0.4, -0.2) is 5.91 Å². The highest BCUT2D eigenvalue weighted by Gasteiger charge is 2.04. The van der Waals surface area contributed by atoms with Crippen molar-refractivity contribution in [3.8, 4) is 0 Å². The van der Waals surface area contributed by atoms with E-state index in [1.807, 2.05) is 12.1 Å². The number of nitrogens with one attached hydrogen (secondary N) is 1. The van der Waals surface area contributed by atoms with Gasteiger partial charge in [0.2, 0.25) is 5.91 Å². The van der Waals surface area contributed by atoms with E-state index in [1.165, 1.54) is 12.1 Å². The Morgan fingerprint density at radius 3 is 2.58 bits per heavy atom. The first-order valence-corrected chi connectivity index (χ1v) is 6.31. The normalized spacial score (nSPS) is 10.2. The highest BCUT2D eigenvalue weighted by Crippen LogP contribution is 2.12. The second-order valence-electron chi connectivity index (χ2n) is 4.18. The van der Waals surface area contributed by atoms with Crippen LogP contribution in [0.1, 0.15) is 12.0 Å². The molecule has 2 nitrogen and oxygen atoms in total. The molecular weight excluding hydrogens is 265 g/mol. The molecule has 0 spiro atoms. The van der Waals surface area contributed by atoms with Gasteiger partial charge in [-0.25, -0.2) is 4.39 Å². The number of carbonyl (C=O) groups is 1. The van der Waals surface area contributed by atoms with Gasteiger partial charge in [0.1, 0.15) is 5.82 Å². The average Bonchev–Trinajstić information content (AvgIpc) is 2.38. The number of hydrogen-bond donors (Lipinski definition) is 1. The minimum absolute atomic E-state index is 0.138. The molecule has 98 valence electrons. The summed E-state index contributed by atoms with van der Waals surface area (Å²) < 4.78 is 12.9. The minimum Gasteiger partial charge on any atom is -0.326 e. The van der Waals surface area contributed by atoms with E-state index in [9.17, 15) is 9.18 Å². The van der Waals surface area contributed by atoms with Gasteiger partial charge in [-0.15, -0.1) is 0 Å². The van der Waals surface area contributed by atoms with Gasteiger partial charge in [-0.05, 0) is 42.3 Å². The third-order valence-electron chi connectivity index (χ3n) is 2.66. The Balaban J connectivity index is 1.86. The second kappa shape index (κ2) is 6.34. The fraction of sp³-hybridized carbons (Fsp3) is 0.133. The van der Waals surface area contributed by atoms with Crippen molar-refractivity contribution in [1.82, 2.24) is 0 Å². The molecule has 0 bridgehead atoms. The van der Waals surface area contributed by atoms with Crippen LogP contribution in [0.15, 0.2) is 48.5 Å². The predicted molar refractivity (Wildman–Crippen MR) is 74.8 cm³/mol. The third-order valence-corrected chi connectivity index (χ3v) is 2.91. The van der Waals surface area contributed by atoms with Crippen LogP contribution in [0.2, 0.25) is 5.02 Å². The van der Waals surface area contributed by atoms with Crippen LogP contribution in [0.5, 0.6) is 0 Å². The van der Waals surface area contributed by atoms with E-state index in [4.69, 9.17) is 11.6 Å². The van der Waals surface area contributed by atoms with Gasteiger partial charge >= 0.3 is 0 Å². The Kier molecular flexibility index (Phi) is 4.53. The lowest BCUT2D eigenvalue weighted by Crippen LogP contribution is -2.12. The zero-order valence-corrected chi connectivity index (χ0v) is 11.0. The van der Waals surface area contributed by atoms with Crippen LogP contribution in [0.25, 0.3) is 0 Å². The van der Waals surface area contributed by atoms with E-state index in [0.717, 1.165) is 5.56 Å². The van der Waals surface area contributed by atoms with Gasteiger partial charge in [-0.3, -0.25) is 4.79 Å². The molecule has 0 saturated heterocycles. The third kappa shape index (κ3) is 4.38. The fourth-order valence-corrected chi connectivity index (χ4v) is 1.82. The summed E-state index contributed by atoms with van der Waals surface area (Å²) in [6, 6.07) is 13.2. The first-order chi connectivity index (χ1) is 9.13. The highest BCUT2D eigenvalue weighted by atomic mass is 35.5. The maximum absolute atomic E-state index is 12.9. The molecule has 0 aliphatic rings. The van der Waals surface area contributed by atoms with Crippen molar-refractivity contribution in [2.75, 3.05) is 5.32 Å². The van der Waals surface area contributed by atoms with Gasteiger partial charge in [-0.2, -0.15) is 0 Å². The standard InChI is InChI=1S/C15H13ClFNO/c16-12-7-4-11(5-8-12)6-9-15(19)18-14-3-1-2-13(17)10-14/h1-5,7-8,10H,6,9H2,(H,18,19). The Morgan fingerprint density at radius 2 is 1.89 bits per heavy atom. The Morgan fingerprint density at radius 1 is 1.16 bits per heavy atom. The summed E-state index contributed by atoms with van der Waals surface area (Å²) in [6.07, 6.45) is 0.969. The maximum Gasteiger partial charge on any atom is 0.224 e.